The number of hydrogen-bond donors (Lipinski definition) is 2. The van der Waals surface area contributed by atoms with Crippen molar-refractivity contribution in [3.05, 3.63) is 82.2 Å². The first-order valence-electron chi connectivity index (χ1n) is 11.8. The number of thioether (sulfide) groups is 1. The Labute approximate surface area is 224 Å². The molecule has 0 aliphatic rings. The van der Waals surface area contributed by atoms with Gasteiger partial charge < -0.3 is 19.9 Å². The zero-order valence-corrected chi connectivity index (χ0v) is 22.4. The van der Waals surface area contributed by atoms with Crippen molar-refractivity contribution in [2.24, 2.45) is 5.92 Å². The number of carbonyl (C=O) groups is 2. The molecule has 200 valence electrons. The van der Waals surface area contributed by atoms with Crippen LogP contribution in [0.25, 0.3) is 0 Å². The van der Waals surface area contributed by atoms with Crippen LogP contribution in [0.1, 0.15) is 41.6 Å². The third-order valence-electron chi connectivity index (χ3n) is 5.66. The minimum Gasteiger partial charge on any atom is -0.497 e. The average molecular weight is 539 g/mol. The summed E-state index contributed by atoms with van der Waals surface area (Å²) >= 11 is 1.17. The van der Waals surface area contributed by atoms with Gasteiger partial charge in [0.05, 0.1) is 23.8 Å². The van der Waals surface area contributed by atoms with Gasteiger partial charge in [-0.15, -0.1) is 16.8 Å². The fourth-order valence-corrected chi connectivity index (χ4v) is 4.40. The molecule has 0 saturated heterocycles. The molecule has 1 heterocycles. The van der Waals surface area contributed by atoms with E-state index >= 15 is 0 Å². The van der Waals surface area contributed by atoms with E-state index in [0.717, 1.165) is 0 Å². The van der Waals surface area contributed by atoms with Gasteiger partial charge in [0.1, 0.15) is 5.75 Å². The second-order valence-electron chi connectivity index (χ2n) is 8.76. The predicted octanol–water partition coefficient (Wildman–Crippen LogP) is 4.55. The van der Waals surface area contributed by atoms with E-state index in [-0.39, 0.29) is 29.2 Å². The maximum atomic E-state index is 13.0. The van der Waals surface area contributed by atoms with Gasteiger partial charge in [-0.2, -0.15) is 0 Å². The number of benzene rings is 2. The number of ether oxygens (including phenoxy) is 1. The minimum absolute atomic E-state index is 0.00149. The van der Waals surface area contributed by atoms with Gasteiger partial charge in [-0.1, -0.05) is 37.8 Å². The molecule has 0 fully saturated rings. The molecule has 2 amide bonds. The van der Waals surface area contributed by atoms with Crippen LogP contribution in [0.4, 0.5) is 11.4 Å². The molecule has 0 aliphatic carbocycles. The number of nitrogens with one attached hydrogen (secondary N) is 2. The molecule has 3 rings (SSSR count). The van der Waals surface area contributed by atoms with Crippen LogP contribution in [0, 0.1) is 23.0 Å². The summed E-state index contributed by atoms with van der Waals surface area (Å²) in [4.78, 5) is 36.2. The Morgan fingerprint density at radius 3 is 2.53 bits per heavy atom. The molecule has 0 radical (unpaired) electrons. The number of allylic oxidation sites excluding steroid dienone is 1. The quantitative estimate of drug-likeness (QED) is 0.148. The minimum atomic E-state index is -0.488. The SMILES string of the molecule is C=CCn1c(SCC(=O)Nc2ccc(C)c([N+](=O)[O-])c2)nnc1C(NC(=O)c1ccc(OC)cc1)C(C)C. The lowest BCUT2D eigenvalue weighted by atomic mass is 10.0. The maximum Gasteiger partial charge on any atom is 0.274 e. The van der Waals surface area contributed by atoms with Crippen molar-refractivity contribution < 1.29 is 19.2 Å². The molecule has 1 atom stereocenters. The summed E-state index contributed by atoms with van der Waals surface area (Å²) in [6.07, 6.45) is 1.69. The number of carbonyl (C=O) groups excluding carboxylic acids is 2. The first-order chi connectivity index (χ1) is 18.1. The zero-order chi connectivity index (χ0) is 27.8. The largest absolute Gasteiger partial charge is 0.497 e. The Balaban J connectivity index is 1.74. The number of anilines is 1. The van der Waals surface area contributed by atoms with E-state index in [1.807, 2.05) is 13.8 Å². The first kappa shape index (κ1) is 28.4. The maximum absolute atomic E-state index is 13.0. The van der Waals surface area contributed by atoms with Crippen molar-refractivity contribution in [3.63, 3.8) is 0 Å². The molecule has 1 aromatic heterocycles. The van der Waals surface area contributed by atoms with Crippen molar-refractivity contribution in [1.82, 2.24) is 20.1 Å². The number of rotatable bonds is 12. The smallest absolute Gasteiger partial charge is 0.274 e. The van der Waals surface area contributed by atoms with Crippen molar-refractivity contribution in [2.75, 3.05) is 18.2 Å². The zero-order valence-electron chi connectivity index (χ0n) is 21.6. The van der Waals surface area contributed by atoms with E-state index < -0.39 is 11.0 Å². The lowest BCUT2D eigenvalue weighted by molar-refractivity contribution is -0.385. The summed E-state index contributed by atoms with van der Waals surface area (Å²) in [7, 11) is 1.56. The van der Waals surface area contributed by atoms with Gasteiger partial charge in [0, 0.05) is 29.4 Å². The molecular weight excluding hydrogens is 508 g/mol. The number of nitro benzene ring substituents is 1. The van der Waals surface area contributed by atoms with Crippen molar-refractivity contribution in [3.8, 4) is 5.75 Å². The van der Waals surface area contributed by atoms with Crippen molar-refractivity contribution >= 4 is 35.0 Å². The Morgan fingerprint density at radius 2 is 1.92 bits per heavy atom. The van der Waals surface area contributed by atoms with E-state index in [0.29, 0.717) is 40.1 Å². The highest BCUT2D eigenvalue weighted by molar-refractivity contribution is 7.99. The number of aromatic nitrogens is 3. The summed E-state index contributed by atoms with van der Waals surface area (Å²) in [6.45, 7) is 9.74. The van der Waals surface area contributed by atoms with Gasteiger partial charge in [-0.3, -0.25) is 19.7 Å². The highest BCUT2D eigenvalue weighted by atomic mass is 32.2. The van der Waals surface area contributed by atoms with Crippen LogP contribution in [0.3, 0.4) is 0 Å². The van der Waals surface area contributed by atoms with Gasteiger partial charge in [0.2, 0.25) is 5.91 Å². The van der Waals surface area contributed by atoms with Crippen LogP contribution in [0.2, 0.25) is 0 Å². The second kappa shape index (κ2) is 12.9. The molecule has 1 unspecified atom stereocenters. The molecule has 0 saturated carbocycles. The highest BCUT2D eigenvalue weighted by Gasteiger charge is 2.26. The summed E-state index contributed by atoms with van der Waals surface area (Å²) in [5.41, 5.74) is 1.25. The fraction of sp³-hybridized carbons (Fsp3) is 0.308. The summed E-state index contributed by atoms with van der Waals surface area (Å²) in [5.74, 6) is 0.569. The first-order valence-corrected chi connectivity index (χ1v) is 12.8. The lowest BCUT2D eigenvalue weighted by Crippen LogP contribution is -2.33. The highest BCUT2D eigenvalue weighted by Crippen LogP contribution is 2.27. The number of nitrogens with zero attached hydrogens (tertiary/aromatic N) is 4. The third-order valence-corrected chi connectivity index (χ3v) is 6.63. The molecule has 38 heavy (non-hydrogen) atoms. The predicted molar refractivity (Wildman–Crippen MR) is 145 cm³/mol. The van der Waals surface area contributed by atoms with Crippen LogP contribution < -0.4 is 15.4 Å². The van der Waals surface area contributed by atoms with Gasteiger partial charge in [0.25, 0.3) is 11.6 Å². The van der Waals surface area contributed by atoms with E-state index in [1.165, 1.54) is 17.8 Å². The molecule has 0 spiro atoms. The number of amides is 2. The van der Waals surface area contributed by atoms with Crippen LogP contribution in [-0.2, 0) is 11.3 Å². The molecule has 12 heteroatoms. The van der Waals surface area contributed by atoms with Gasteiger partial charge >= 0.3 is 0 Å². The Morgan fingerprint density at radius 1 is 1.21 bits per heavy atom. The van der Waals surface area contributed by atoms with Crippen molar-refractivity contribution in [2.45, 2.75) is 38.5 Å². The van der Waals surface area contributed by atoms with Gasteiger partial charge in [-0.05, 0) is 43.2 Å². The van der Waals surface area contributed by atoms with Gasteiger partial charge in [0.15, 0.2) is 11.0 Å². The van der Waals surface area contributed by atoms with Crippen LogP contribution in [0.5, 0.6) is 5.75 Å². The topological polar surface area (TPSA) is 141 Å². The van der Waals surface area contributed by atoms with Crippen molar-refractivity contribution in [1.29, 1.82) is 0 Å². The standard InChI is InChI=1S/C26H30N6O5S/c1-6-13-31-24(23(16(2)3)28-25(34)18-8-11-20(37-5)12-9-18)29-30-26(31)38-15-22(33)27-19-10-7-17(4)21(14-19)32(35)36/h6-12,14,16,23H,1,13,15H2,2-5H3,(H,27,33)(H,28,34). The fourth-order valence-electron chi connectivity index (χ4n) is 3.64. The average Bonchev–Trinajstić information content (AvgIpc) is 3.28. The van der Waals surface area contributed by atoms with Crippen LogP contribution in [-0.4, -0.2) is 44.4 Å². The molecule has 3 aromatic rings. The van der Waals surface area contributed by atoms with E-state index in [2.05, 4.69) is 27.4 Å². The molecule has 0 aliphatic heterocycles. The van der Waals surface area contributed by atoms with E-state index in [4.69, 9.17) is 4.74 Å². The normalized spacial score (nSPS) is 11.6. The second-order valence-corrected chi connectivity index (χ2v) is 9.70. The summed E-state index contributed by atoms with van der Waals surface area (Å²) in [6, 6.07) is 10.9. The molecule has 0 bridgehead atoms. The number of aryl methyl sites for hydroxylation is 1. The van der Waals surface area contributed by atoms with Crippen LogP contribution in [0.15, 0.2) is 60.3 Å². The van der Waals surface area contributed by atoms with Crippen LogP contribution >= 0.6 is 11.8 Å². The summed E-state index contributed by atoms with van der Waals surface area (Å²) < 4.78 is 6.96. The molecule has 2 aromatic carbocycles. The third kappa shape index (κ3) is 6.97. The Hall–Kier alpha value is -4.19. The summed E-state index contributed by atoms with van der Waals surface area (Å²) in [5, 5.41) is 26.0. The molecule has 11 nitrogen and oxygen atoms in total. The molecule has 2 N–H and O–H groups in total. The number of nitro groups is 1. The number of methoxy groups -OCH3 is 1. The van der Waals surface area contributed by atoms with E-state index in [1.54, 1.807) is 61.1 Å². The monoisotopic (exact) mass is 538 g/mol. The lowest BCUT2D eigenvalue weighted by Gasteiger charge is -2.22. The molecular formula is C26H30N6O5S. The van der Waals surface area contributed by atoms with Gasteiger partial charge in [-0.25, -0.2) is 0 Å². The Bertz CT molecular complexity index is 1320. The van der Waals surface area contributed by atoms with E-state index in [9.17, 15) is 19.7 Å². The Kier molecular flexibility index (Phi) is 9.61. The number of hydrogen-bond acceptors (Lipinski definition) is 8.